The maximum atomic E-state index is 3.50. The predicted molar refractivity (Wildman–Crippen MR) is 87.7 cm³/mol. The largest absolute Gasteiger partial charge is 0.313 e. The van der Waals surface area contributed by atoms with Gasteiger partial charge in [-0.05, 0) is 71.7 Å². The van der Waals surface area contributed by atoms with Crippen molar-refractivity contribution in [3.63, 3.8) is 0 Å². The van der Waals surface area contributed by atoms with Crippen molar-refractivity contribution < 1.29 is 0 Å². The molecule has 0 saturated heterocycles. The second-order valence-corrected chi connectivity index (χ2v) is 6.44. The number of nitrogens with one attached hydrogen (secondary N) is 1. The molecule has 0 aliphatic carbocycles. The standard InChI is InChI=1S/C14H22INS/c1-17-11-5-3-2-4-10-16-12-13-6-8-14(15)9-7-13/h6-9,16H,2-5,10-12H2,1H3. The Labute approximate surface area is 123 Å². The highest BCUT2D eigenvalue weighted by molar-refractivity contribution is 14.1. The first-order valence-corrected chi connectivity index (χ1v) is 8.74. The molecule has 1 aromatic carbocycles. The van der Waals surface area contributed by atoms with Gasteiger partial charge in [0.05, 0.1) is 0 Å². The van der Waals surface area contributed by atoms with Crippen LogP contribution in [0, 0.1) is 3.57 Å². The normalized spacial score (nSPS) is 10.7. The van der Waals surface area contributed by atoms with Crippen LogP contribution in [0.4, 0.5) is 0 Å². The predicted octanol–water partition coefficient (Wildman–Crippen LogP) is 4.30. The van der Waals surface area contributed by atoms with Gasteiger partial charge in [0.1, 0.15) is 0 Å². The van der Waals surface area contributed by atoms with Crippen LogP contribution in [-0.2, 0) is 6.54 Å². The number of benzene rings is 1. The summed E-state index contributed by atoms with van der Waals surface area (Å²) in [6.07, 6.45) is 7.60. The van der Waals surface area contributed by atoms with Crippen molar-refractivity contribution in [2.24, 2.45) is 0 Å². The van der Waals surface area contributed by atoms with Crippen molar-refractivity contribution in [1.29, 1.82) is 0 Å². The van der Waals surface area contributed by atoms with Crippen molar-refractivity contribution >= 4 is 34.4 Å². The lowest BCUT2D eigenvalue weighted by atomic mass is 10.2. The molecule has 1 aromatic rings. The minimum Gasteiger partial charge on any atom is -0.313 e. The molecule has 96 valence electrons. The zero-order valence-electron chi connectivity index (χ0n) is 10.5. The van der Waals surface area contributed by atoms with Crippen molar-refractivity contribution in [1.82, 2.24) is 5.32 Å². The summed E-state index contributed by atoms with van der Waals surface area (Å²) >= 11 is 4.29. The molecule has 1 nitrogen and oxygen atoms in total. The average Bonchev–Trinajstić information content (AvgIpc) is 2.35. The molecule has 1 rings (SSSR count). The van der Waals surface area contributed by atoms with Crippen molar-refractivity contribution in [2.75, 3.05) is 18.6 Å². The van der Waals surface area contributed by atoms with E-state index in [1.165, 1.54) is 40.6 Å². The van der Waals surface area contributed by atoms with Crippen LogP contribution in [0.5, 0.6) is 0 Å². The Morgan fingerprint density at radius 2 is 1.76 bits per heavy atom. The molecule has 0 atom stereocenters. The van der Waals surface area contributed by atoms with Gasteiger partial charge in [0.25, 0.3) is 0 Å². The highest BCUT2D eigenvalue weighted by Gasteiger charge is 1.93. The number of hydrogen-bond donors (Lipinski definition) is 1. The molecule has 0 saturated carbocycles. The molecular formula is C14H22INS. The number of thioether (sulfide) groups is 1. The van der Waals surface area contributed by atoms with Crippen molar-refractivity contribution in [3.8, 4) is 0 Å². The topological polar surface area (TPSA) is 12.0 Å². The summed E-state index contributed by atoms with van der Waals surface area (Å²) in [4.78, 5) is 0. The molecular weight excluding hydrogens is 341 g/mol. The summed E-state index contributed by atoms with van der Waals surface area (Å²) in [6, 6.07) is 8.74. The number of rotatable bonds is 9. The van der Waals surface area contributed by atoms with Gasteiger partial charge in [0, 0.05) is 10.1 Å². The molecule has 0 aliphatic heterocycles. The van der Waals surface area contributed by atoms with Crippen LogP contribution in [-0.4, -0.2) is 18.6 Å². The Hall–Kier alpha value is 0.260. The first kappa shape index (κ1) is 15.3. The van der Waals surface area contributed by atoms with Gasteiger partial charge in [0.15, 0.2) is 0 Å². The second-order valence-electron chi connectivity index (χ2n) is 4.21. The van der Waals surface area contributed by atoms with Crippen molar-refractivity contribution in [2.45, 2.75) is 32.2 Å². The fraction of sp³-hybridized carbons (Fsp3) is 0.571. The van der Waals surface area contributed by atoms with Crippen LogP contribution in [0.1, 0.15) is 31.2 Å². The zero-order chi connectivity index (χ0) is 12.3. The quantitative estimate of drug-likeness (QED) is 0.519. The molecule has 0 heterocycles. The third-order valence-corrected chi connectivity index (χ3v) is 4.11. The molecule has 0 aliphatic rings. The lowest BCUT2D eigenvalue weighted by molar-refractivity contribution is 0.599. The first-order chi connectivity index (χ1) is 8.33. The minimum atomic E-state index is 1.00. The van der Waals surface area contributed by atoms with Crippen LogP contribution < -0.4 is 5.32 Å². The molecule has 0 spiro atoms. The van der Waals surface area contributed by atoms with E-state index < -0.39 is 0 Å². The van der Waals surface area contributed by atoms with Gasteiger partial charge in [0.2, 0.25) is 0 Å². The Kier molecular flexibility index (Phi) is 9.20. The molecule has 0 fully saturated rings. The molecule has 0 bridgehead atoms. The van der Waals surface area contributed by atoms with Gasteiger partial charge in [-0.1, -0.05) is 25.0 Å². The van der Waals surface area contributed by atoms with Gasteiger partial charge >= 0.3 is 0 Å². The lowest BCUT2D eigenvalue weighted by Crippen LogP contribution is -2.14. The van der Waals surface area contributed by atoms with Crippen LogP contribution in [0.25, 0.3) is 0 Å². The number of unbranched alkanes of at least 4 members (excludes halogenated alkanes) is 3. The highest BCUT2D eigenvalue weighted by atomic mass is 127. The van der Waals surface area contributed by atoms with Gasteiger partial charge in [-0.25, -0.2) is 0 Å². The molecule has 0 unspecified atom stereocenters. The third kappa shape index (κ3) is 8.06. The van der Waals surface area contributed by atoms with E-state index in [0.29, 0.717) is 0 Å². The number of hydrogen-bond acceptors (Lipinski definition) is 2. The van der Waals surface area contributed by atoms with E-state index >= 15 is 0 Å². The van der Waals surface area contributed by atoms with E-state index in [-0.39, 0.29) is 0 Å². The highest BCUT2D eigenvalue weighted by Crippen LogP contribution is 2.07. The summed E-state index contributed by atoms with van der Waals surface area (Å²) < 4.78 is 1.31. The van der Waals surface area contributed by atoms with E-state index in [1.54, 1.807) is 0 Å². The van der Waals surface area contributed by atoms with E-state index in [9.17, 15) is 0 Å². The molecule has 17 heavy (non-hydrogen) atoms. The van der Waals surface area contributed by atoms with Crippen LogP contribution in [0.3, 0.4) is 0 Å². The SMILES string of the molecule is CSCCCCCCNCc1ccc(I)cc1. The Morgan fingerprint density at radius 1 is 1.06 bits per heavy atom. The van der Waals surface area contributed by atoms with E-state index in [1.807, 2.05) is 11.8 Å². The zero-order valence-corrected chi connectivity index (χ0v) is 13.5. The Morgan fingerprint density at radius 3 is 2.47 bits per heavy atom. The van der Waals surface area contributed by atoms with E-state index in [2.05, 4.69) is 58.4 Å². The maximum absolute atomic E-state index is 3.50. The van der Waals surface area contributed by atoms with E-state index in [4.69, 9.17) is 0 Å². The summed E-state index contributed by atoms with van der Waals surface area (Å²) in [5.74, 6) is 1.32. The maximum Gasteiger partial charge on any atom is 0.0205 e. The Bertz CT molecular complexity index is 287. The molecule has 0 amide bonds. The van der Waals surface area contributed by atoms with Crippen LogP contribution >= 0.6 is 34.4 Å². The molecule has 0 radical (unpaired) electrons. The van der Waals surface area contributed by atoms with Crippen LogP contribution in [0.2, 0.25) is 0 Å². The number of halogens is 1. The Balaban J connectivity index is 1.95. The van der Waals surface area contributed by atoms with E-state index in [0.717, 1.165) is 13.1 Å². The van der Waals surface area contributed by atoms with Gasteiger partial charge in [-0.2, -0.15) is 11.8 Å². The smallest absolute Gasteiger partial charge is 0.0205 e. The summed E-state index contributed by atoms with van der Waals surface area (Å²) in [7, 11) is 0. The van der Waals surface area contributed by atoms with Gasteiger partial charge in [-0.15, -0.1) is 0 Å². The fourth-order valence-electron chi connectivity index (χ4n) is 1.68. The van der Waals surface area contributed by atoms with Gasteiger partial charge < -0.3 is 5.32 Å². The molecule has 1 N–H and O–H groups in total. The minimum absolute atomic E-state index is 1.00. The van der Waals surface area contributed by atoms with Crippen LogP contribution in [0.15, 0.2) is 24.3 Å². The summed E-state index contributed by atoms with van der Waals surface area (Å²) in [5.41, 5.74) is 1.38. The summed E-state index contributed by atoms with van der Waals surface area (Å²) in [5, 5.41) is 3.50. The average molecular weight is 363 g/mol. The first-order valence-electron chi connectivity index (χ1n) is 6.27. The lowest BCUT2D eigenvalue weighted by Gasteiger charge is -2.05. The third-order valence-electron chi connectivity index (χ3n) is 2.69. The molecule has 3 heteroatoms. The monoisotopic (exact) mass is 363 g/mol. The summed E-state index contributed by atoms with van der Waals surface area (Å²) in [6.45, 7) is 2.15. The molecule has 0 aromatic heterocycles. The van der Waals surface area contributed by atoms with Gasteiger partial charge in [-0.3, -0.25) is 0 Å². The fourth-order valence-corrected chi connectivity index (χ4v) is 2.54. The second kappa shape index (κ2) is 10.2. The van der Waals surface area contributed by atoms with Crippen molar-refractivity contribution in [3.05, 3.63) is 33.4 Å².